The van der Waals surface area contributed by atoms with E-state index in [1.54, 1.807) is 10.7 Å². The lowest BCUT2D eigenvalue weighted by Crippen LogP contribution is -2.13. The lowest BCUT2D eigenvalue weighted by Gasteiger charge is -2.08. The van der Waals surface area contributed by atoms with E-state index >= 15 is 0 Å². The third kappa shape index (κ3) is 3.96. The second-order valence-electron chi connectivity index (χ2n) is 4.97. The third-order valence-electron chi connectivity index (χ3n) is 3.26. The van der Waals surface area contributed by atoms with Gasteiger partial charge in [-0.05, 0) is 31.2 Å². The average Bonchev–Trinajstić information content (AvgIpc) is 3.05. The predicted octanol–water partition coefficient (Wildman–Crippen LogP) is 3.77. The van der Waals surface area contributed by atoms with Gasteiger partial charge in [-0.3, -0.25) is 0 Å². The molecule has 1 N–H and O–H groups in total. The second kappa shape index (κ2) is 7.51. The van der Waals surface area contributed by atoms with Gasteiger partial charge >= 0.3 is 0 Å². The van der Waals surface area contributed by atoms with Gasteiger partial charge in [0.1, 0.15) is 23.8 Å². The first kappa shape index (κ1) is 16.5. The maximum atomic E-state index is 6.12. The van der Waals surface area contributed by atoms with Gasteiger partial charge in [-0.15, -0.1) is 5.10 Å². The first-order chi connectivity index (χ1) is 11.6. The lowest BCUT2D eigenvalue weighted by molar-refractivity contribution is 0.317. The Morgan fingerprint density at radius 3 is 2.71 bits per heavy atom. The predicted molar refractivity (Wildman–Crippen MR) is 94.3 cm³/mol. The molecule has 24 heavy (non-hydrogen) atoms. The van der Waals surface area contributed by atoms with Crippen LogP contribution in [0.5, 0.6) is 5.88 Å². The van der Waals surface area contributed by atoms with Crippen LogP contribution in [0.3, 0.4) is 0 Å². The van der Waals surface area contributed by atoms with Crippen LogP contribution in [0.1, 0.15) is 5.69 Å². The number of aryl methyl sites for hydroxylation is 1. The Balaban J connectivity index is 1.52. The third-order valence-corrected chi connectivity index (χ3v) is 3.97. The molecule has 0 saturated carbocycles. The van der Waals surface area contributed by atoms with Crippen molar-refractivity contribution in [1.82, 2.24) is 19.7 Å². The summed E-state index contributed by atoms with van der Waals surface area (Å²) in [4.78, 5) is 8.11. The zero-order valence-electron chi connectivity index (χ0n) is 12.9. The van der Waals surface area contributed by atoms with Gasteiger partial charge < -0.3 is 10.1 Å². The Bertz CT molecular complexity index is 820. The molecule has 0 atom stereocenters. The van der Waals surface area contributed by atoms with Crippen molar-refractivity contribution in [3.63, 3.8) is 0 Å². The molecule has 0 saturated heterocycles. The summed E-state index contributed by atoms with van der Waals surface area (Å²) in [7, 11) is 0. The Morgan fingerprint density at radius 1 is 1.12 bits per heavy atom. The number of rotatable bonds is 6. The fourth-order valence-electron chi connectivity index (χ4n) is 2.03. The molecule has 0 aliphatic rings. The van der Waals surface area contributed by atoms with Crippen LogP contribution in [0.25, 0.3) is 5.69 Å². The van der Waals surface area contributed by atoms with Crippen LogP contribution < -0.4 is 10.1 Å². The number of hydrogen-bond acceptors (Lipinski definition) is 5. The molecular formula is C16H15Cl2N5O. The van der Waals surface area contributed by atoms with Crippen LogP contribution in [-0.4, -0.2) is 32.9 Å². The molecule has 0 radical (unpaired) electrons. The van der Waals surface area contributed by atoms with Crippen molar-refractivity contribution in [2.45, 2.75) is 6.92 Å². The molecule has 6 nitrogen and oxygen atoms in total. The van der Waals surface area contributed by atoms with Gasteiger partial charge in [0.05, 0.1) is 17.9 Å². The zero-order chi connectivity index (χ0) is 16.9. The molecule has 3 rings (SSSR count). The molecular weight excluding hydrogens is 349 g/mol. The van der Waals surface area contributed by atoms with Crippen LogP contribution in [0.15, 0.2) is 42.9 Å². The number of aromatic nitrogens is 4. The van der Waals surface area contributed by atoms with Crippen LogP contribution >= 0.6 is 23.2 Å². The van der Waals surface area contributed by atoms with E-state index in [0.29, 0.717) is 34.9 Å². The average molecular weight is 364 g/mol. The molecule has 0 amide bonds. The SMILES string of the molecule is Cc1ncnc(NCCOc2ccn(-c3ccc(Cl)cc3)n2)c1Cl. The van der Waals surface area contributed by atoms with E-state index in [4.69, 9.17) is 27.9 Å². The number of halogens is 2. The summed E-state index contributed by atoms with van der Waals surface area (Å²) in [6, 6.07) is 9.21. The van der Waals surface area contributed by atoms with E-state index in [9.17, 15) is 0 Å². The number of nitrogens with zero attached hydrogens (tertiary/aromatic N) is 4. The molecule has 0 bridgehead atoms. The summed E-state index contributed by atoms with van der Waals surface area (Å²) < 4.78 is 7.34. The minimum atomic E-state index is 0.428. The summed E-state index contributed by atoms with van der Waals surface area (Å²) in [5.74, 6) is 1.14. The Labute approximate surface area is 149 Å². The minimum Gasteiger partial charge on any atom is -0.475 e. The molecule has 0 aliphatic heterocycles. The highest BCUT2D eigenvalue weighted by Crippen LogP contribution is 2.20. The smallest absolute Gasteiger partial charge is 0.233 e. The van der Waals surface area contributed by atoms with Crippen molar-refractivity contribution in [1.29, 1.82) is 0 Å². The van der Waals surface area contributed by atoms with E-state index in [2.05, 4.69) is 20.4 Å². The van der Waals surface area contributed by atoms with Crippen molar-refractivity contribution in [3.8, 4) is 11.6 Å². The Kier molecular flexibility index (Phi) is 5.17. The summed E-state index contributed by atoms with van der Waals surface area (Å²) in [6.45, 7) is 2.80. The van der Waals surface area contributed by atoms with Gasteiger partial charge in [0.2, 0.25) is 5.88 Å². The van der Waals surface area contributed by atoms with Crippen molar-refractivity contribution >= 4 is 29.0 Å². The molecule has 124 valence electrons. The number of benzene rings is 1. The number of anilines is 1. The minimum absolute atomic E-state index is 0.428. The summed E-state index contributed by atoms with van der Waals surface area (Å²) in [5, 5.41) is 8.67. The molecule has 3 aromatic rings. The highest BCUT2D eigenvalue weighted by molar-refractivity contribution is 6.33. The highest BCUT2D eigenvalue weighted by Gasteiger charge is 2.05. The topological polar surface area (TPSA) is 64.9 Å². The van der Waals surface area contributed by atoms with Gasteiger partial charge in [-0.25, -0.2) is 14.6 Å². The Morgan fingerprint density at radius 2 is 1.92 bits per heavy atom. The summed E-state index contributed by atoms with van der Waals surface area (Å²) in [6.07, 6.45) is 3.30. The first-order valence-corrected chi connectivity index (χ1v) is 8.04. The Hall–Kier alpha value is -2.31. The lowest BCUT2D eigenvalue weighted by atomic mass is 10.3. The summed E-state index contributed by atoms with van der Waals surface area (Å²) in [5.41, 5.74) is 1.65. The number of ether oxygens (including phenoxy) is 1. The van der Waals surface area contributed by atoms with Gasteiger partial charge in [-0.2, -0.15) is 0 Å². The van der Waals surface area contributed by atoms with E-state index in [0.717, 1.165) is 11.4 Å². The van der Waals surface area contributed by atoms with Crippen LogP contribution in [0.2, 0.25) is 10.0 Å². The van der Waals surface area contributed by atoms with Crippen LogP contribution in [0, 0.1) is 6.92 Å². The molecule has 0 spiro atoms. The van der Waals surface area contributed by atoms with Gasteiger partial charge in [-0.1, -0.05) is 23.2 Å². The van der Waals surface area contributed by atoms with Crippen molar-refractivity contribution in [3.05, 3.63) is 58.6 Å². The molecule has 2 aromatic heterocycles. The summed E-state index contributed by atoms with van der Waals surface area (Å²) >= 11 is 12.0. The first-order valence-electron chi connectivity index (χ1n) is 7.29. The van der Waals surface area contributed by atoms with Crippen LogP contribution in [0.4, 0.5) is 5.82 Å². The van der Waals surface area contributed by atoms with E-state index < -0.39 is 0 Å². The number of nitrogens with one attached hydrogen (secondary N) is 1. The molecule has 1 aromatic carbocycles. The fraction of sp³-hybridized carbons (Fsp3) is 0.188. The highest BCUT2D eigenvalue weighted by atomic mass is 35.5. The molecule has 2 heterocycles. The van der Waals surface area contributed by atoms with E-state index in [1.807, 2.05) is 37.4 Å². The van der Waals surface area contributed by atoms with Gasteiger partial charge in [0.15, 0.2) is 0 Å². The zero-order valence-corrected chi connectivity index (χ0v) is 14.4. The van der Waals surface area contributed by atoms with E-state index in [1.165, 1.54) is 6.33 Å². The van der Waals surface area contributed by atoms with E-state index in [-0.39, 0.29) is 0 Å². The normalized spacial score (nSPS) is 10.6. The quantitative estimate of drug-likeness (QED) is 0.675. The largest absolute Gasteiger partial charge is 0.475 e. The maximum absolute atomic E-state index is 6.12. The van der Waals surface area contributed by atoms with Crippen LogP contribution in [-0.2, 0) is 0 Å². The molecule has 0 aliphatic carbocycles. The molecule has 0 fully saturated rings. The number of hydrogen-bond donors (Lipinski definition) is 1. The van der Waals surface area contributed by atoms with Gasteiger partial charge in [0, 0.05) is 17.3 Å². The standard InChI is InChI=1S/C16H15Cl2N5O/c1-11-15(18)16(21-10-20-11)19-7-9-24-14-6-8-23(22-14)13-4-2-12(17)3-5-13/h2-6,8,10H,7,9H2,1H3,(H,19,20,21). The van der Waals surface area contributed by atoms with Gasteiger partial charge in [0.25, 0.3) is 0 Å². The second-order valence-corrected chi connectivity index (χ2v) is 5.79. The van der Waals surface area contributed by atoms with Crippen molar-refractivity contribution in [2.24, 2.45) is 0 Å². The monoisotopic (exact) mass is 363 g/mol. The molecule has 0 unspecified atom stereocenters. The van der Waals surface area contributed by atoms with Crippen molar-refractivity contribution in [2.75, 3.05) is 18.5 Å². The fourth-order valence-corrected chi connectivity index (χ4v) is 2.32. The maximum Gasteiger partial charge on any atom is 0.233 e. The molecule has 8 heteroatoms. The van der Waals surface area contributed by atoms with Crippen molar-refractivity contribution < 1.29 is 4.74 Å².